The van der Waals surface area contributed by atoms with Crippen molar-refractivity contribution < 1.29 is 13.2 Å². The molecular weight excluding hydrogens is 310 g/mol. The minimum Gasteiger partial charge on any atom is -0.338 e. The van der Waals surface area contributed by atoms with Crippen LogP contribution in [0.25, 0.3) is 0 Å². The monoisotopic (exact) mass is 337 g/mol. The fourth-order valence-electron chi connectivity index (χ4n) is 2.58. The fourth-order valence-corrected chi connectivity index (χ4v) is 3.56. The molecule has 0 spiro atoms. The van der Waals surface area contributed by atoms with Gasteiger partial charge < -0.3 is 10.6 Å². The lowest BCUT2D eigenvalue weighted by molar-refractivity contribution is -0.136. The van der Waals surface area contributed by atoms with Crippen molar-refractivity contribution in [2.75, 3.05) is 31.4 Å². The molecule has 124 valence electrons. The molecule has 0 bridgehead atoms. The molecule has 1 aliphatic heterocycles. The molecule has 2 atom stereocenters. The van der Waals surface area contributed by atoms with Gasteiger partial charge in [-0.1, -0.05) is 0 Å². The van der Waals surface area contributed by atoms with E-state index in [9.17, 15) is 13.2 Å². The largest absolute Gasteiger partial charge is 0.338 e. The quantitative estimate of drug-likeness (QED) is 0.668. The Hall–Kier alpha value is -0.310. The van der Waals surface area contributed by atoms with Crippen molar-refractivity contribution in [3.05, 3.63) is 0 Å². The Morgan fingerprint density at radius 1 is 1.48 bits per heavy atom. The number of amides is 1. The zero-order chi connectivity index (χ0) is 15.9. The van der Waals surface area contributed by atoms with Gasteiger partial charge in [0.15, 0.2) is 0 Å². The Morgan fingerprint density at radius 2 is 2.19 bits per heavy atom. The van der Waals surface area contributed by atoms with E-state index in [1.807, 2.05) is 11.2 Å². The number of likely N-dealkylation sites (tertiary alicyclic amines) is 1. The number of nitrogens with two attached hydrogens (primary N) is 1. The third-order valence-electron chi connectivity index (χ3n) is 3.70. The van der Waals surface area contributed by atoms with Gasteiger partial charge in [0.1, 0.15) is 0 Å². The minimum atomic E-state index is -3.17. The molecule has 0 aliphatic carbocycles. The Morgan fingerprint density at radius 3 is 2.81 bits per heavy atom. The van der Waals surface area contributed by atoms with Crippen molar-refractivity contribution in [2.24, 2.45) is 5.73 Å². The van der Waals surface area contributed by atoms with E-state index in [0.717, 1.165) is 37.8 Å². The Bertz CT molecular complexity index is 428. The van der Waals surface area contributed by atoms with Gasteiger partial charge in [-0.15, -0.1) is 0 Å². The molecule has 6 nitrogen and oxygen atoms in total. The number of rotatable bonds is 8. The lowest BCUT2D eigenvalue weighted by Gasteiger charge is -2.37. The van der Waals surface area contributed by atoms with Gasteiger partial charge in [0.2, 0.25) is 15.9 Å². The van der Waals surface area contributed by atoms with E-state index >= 15 is 0 Å². The Kier molecular flexibility index (Phi) is 8.00. The maximum absolute atomic E-state index is 12.4. The fraction of sp³-hybridized carbons (Fsp3) is 0.923. The topological polar surface area (TPSA) is 92.5 Å². The van der Waals surface area contributed by atoms with E-state index < -0.39 is 16.1 Å². The normalized spacial score (nSPS) is 21.3. The maximum Gasteiger partial charge on any atom is 0.239 e. The summed E-state index contributed by atoms with van der Waals surface area (Å²) in [5.74, 6) is 0.884. The minimum absolute atomic E-state index is 0.00751. The predicted molar refractivity (Wildman–Crippen MR) is 87.8 cm³/mol. The summed E-state index contributed by atoms with van der Waals surface area (Å²) in [6.07, 6.45) is 7.47. The second kappa shape index (κ2) is 8.97. The molecule has 0 radical (unpaired) electrons. The predicted octanol–water partition coefficient (Wildman–Crippen LogP) is 0.387. The van der Waals surface area contributed by atoms with Crippen LogP contribution in [-0.4, -0.2) is 62.7 Å². The van der Waals surface area contributed by atoms with Gasteiger partial charge in [0.05, 0.1) is 12.3 Å². The number of piperidine rings is 1. The van der Waals surface area contributed by atoms with Crippen LogP contribution >= 0.6 is 11.8 Å². The molecule has 1 fully saturated rings. The second-order valence-electron chi connectivity index (χ2n) is 5.52. The molecule has 3 N–H and O–H groups in total. The first-order valence-corrected chi connectivity index (χ1v) is 10.6. The summed E-state index contributed by atoms with van der Waals surface area (Å²) in [5.41, 5.74) is 5.98. The lowest BCUT2D eigenvalue weighted by atomic mass is 9.98. The molecular formula is C13H27N3O3S2. The Labute approximate surface area is 132 Å². The number of thioether (sulfide) groups is 1. The smallest absolute Gasteiger partial charge is 0.239 e. The highest BCUT2D eigenvalue weighted by molar-refractivity contribution is 7.98. The molecule has 1 saturated heterocycles. The van der Waals surface area contributed by atoms with Crippen LogP contribution in [0.15, 0.2) is 0 Å². The van der Waals surface area contributed by atoms with E-state index in [-0.39, 0.29) is 11.9 Å². The molecule has 1 aliphatic rings. The van der Waals surface area contributed by atoms with E-state index in [2.05, 4.69) is 4.72 Å². The zero-order valence-electron chi connectivity index (χ0n) is 12.9. The van der Waals surface area contributed by atoms with Gasteiger partial charge >= 0.3 is 0 Å². The highest BCUT2D eigenvalue weighted by atomic mass is 32.2. The molecule has 1 heterocycles. The number of carbonyl (C=O) groups is 1. The summed E-state index contributed by atoms with van der Waals surface area (Å²) >= 11 is 1.68. The molecule has 1 rings (SSSR count). The number of nitrogens with zero attached hydrogens (tertiary/aromatic N) is 1. The SMILES string of the molecule is CSCC[C@@H](N)C(=O)N1CCCCC1CCNS(C)(=O)=O. The molecule has 0 aromatic heterocycles. The molecule has 0 saturated carbocycles. The summed E-state index contributed by atoms with van der Waals surface area (Å²) in [5, 5.41) is 0. The van der Waals surface area contributed by atoms with Crippen LogP contribution in [0.1, 0.15) is 32.1 Å². The van der Waals surface area contributed by atoms with E-state index in [1.54, 1.807) is 11.8 Å². The van der Waals surface area contributed by atoms with Crippen LogP contribution in [0.3, 0.4) is 0 Å². The molecule has 1 amide bonds. The van der Waals surface area contributed by atoms with Crippen LogP contribution in [0.4, 0.5) is 0 Å². The number of nitrogens with one attached hydrogen (secondary N) is 1. The molecule has 0 aromatic carbocycles. The number of carbonyl (C=O) groups excluding carboxylic acids is 1. The van der Waals surface area contributed by atoms with Gasteiger partial charge in [-0.2, -0.15) is 11.8 Å². The molecule has 0 aromatic rings. The third-order valence-corrected chi connectivity index (χ3v) is 5.07. The lowest BCUT2D eigenvalue weighted by Crippen LogP contribution is -2.51. The van der Waals surface area contributed by atoms with Crippen molar-refractivity contribution in [1.82, 2.24) is 9.62 Å². The molecule has 21 heavy (non-hydrogen) atoms. The zero-order valence-corrected chi connectivity index (χ0v) is 14.5. The second-order valence-corrected chi connectivity index (χ2v) is 8.34. The van der Waals surface area contributed by atoms with E-state index in [0.29, 0.717) is 19.4 Å². The van der Waals surface area contributed by atoms with Gasteiger partial charge in [-0.3, -0.25) is 4.79 Å². The number of hydrogen-bond acceptors (Lipinski definition) is 5. The first-order chi connectivity index (χ1) is 9.85. The highest BCUT2D eigenvalue weighted by Gasteiger charge is 2.29. The van der Waals surface area contributed by atoms with E-state index in [1.165, 1.54) is 0 Å². The Balaban J connectivity index is 2.53. The van der Waals surface area contributed by atoms with Crippen molar-refractivity contribution in [1.29, 1.82) is 0 Å². The van der Waals surface area contributed by atoms with Gasteiger partial charge in [-0.25, -0.2) is 13.1 Å². The molecule has 8 heteroatoms. The molecule has 1 unspecified atom stereocenters. The van der Waals surface area contributed by atoms with Crippen LogP contribution in [0, 0.1) is 0 Å². The first-order valence-electron chi connectivity index (χ1n) is 7.35. The summed E-state index contributed by atoms with van der Waals surface area (Å²) < 4.78 is 24.7. The van der Waals surface area contributed by atoms with Crippen molar-refractivity contribution >= 4 is 27.7 Å². The summed E-state index contributed by atoms with van der Waals surface area (Å²) in [7, 11) is -3.17. The maximum atomic E-state index is 12.4. The van der Waals surface area contributed by atoms with Crippen molar-refractivity contribution in [3.63, 3.8) is 0 Å². The van der Waals surface area contributed by atoms with Crippen molar-refractivity contribution in [2.45, 2.75) is 44.2 Å². The van der Waals surface area contributed by atoms with Gasteiger partial charge in [-0.05, 0) is 44.1 Å². The summed E-state index contributed by atoms with van der Waals surface area (Å²) in [6, 6.07) is -0.346. The summed E-state index contributed by atoms with van der Waals surface area (Å²) in [4.78, 5) is 14.3. The van der Waals surface area contributed by atoms with Crippen LogP contribution in [0.5, 0.6) is 0 Å². The van der Waals surface area contributed by atoms with Gasteiger partial charge in [0, 0.05) is 19.1 Å². The highest BCUT2D eigenvalue weighted by Crippen LogP contribution is 2.20. The van der Waals surface area contributed by atoms with Crippen LogP contribution in [-0.2, 0) is 14.8 Å². The standard InChI is InChI=1S/C13H27N3O3S2/c1-20-10-7-12(14)13(17)16-9-4-3-5-11(16)6-8-15-21(2,18)19/h11-12,15H,3-10,14H2,1-2H3/t11?,12-/m1/s1. The summed E-state index contributed by atoms with van der Waals surface area (Å²) in [6.45, 7) is 1.10. The average Bonchev–Trinajstić information content (AvgIpc) is 2.43. The van der Waals surface area contributed by atoms with Crippen molar-refractivity contribution in [3.8, 4) is 0 Å². The first kappa shape index (κ1) is 18.7. The average molecular weight is 338 g/mol. The number of sulfonamides is 1. The number of hydrogen-bond donors (Lipinski definition) is 2. The van der Waals surface area contributed by atoms with E-state index in [4.69, 9.17) is 5.73 Å². The van der Waals surface area contributed by atoms with Crippen LogP contribution in [0.2, 0.25) is 0 Å². The van der Waals surface area contributed by atoms with Gasteiger partial charge in [0.25, 0.3) is 0 Å². The third kappa shape index (κ3) is 6.99. The van der Waals surface area contributed by atoms with Crippen LogP contribution < -0.4 is 10.5 Å².